The fraction of sp³-hybridized carbons (Fsp3) is 0.625. The third-order valence-corrected chi connectivity index (χ3v) is 4.20. The molecule has 0 amide bonds. The Labute approximate surface area is 120 Å². The number of ether oxygens (including phenoxy) is 3. The molecular weight excluding hydrogens is 254 g/mol. The van der Waals surface area contributed by atoms with Crippen LogP contribution in [0.5, 0.6) is 11.5 Å². The van der Waals surface area contributed by atoms with E-state index in [1.165, 1.54) is 5.56 Å². The third-order valence-electron chi connectivity index (χ3n) is 4.20. The molecule has 0 radical (unpaired) electrons. The molecule has 20 heavy (non-hydrogen) atoms. The van der Waals surface area contributed by atoms with Gasteiger partial charge in [0.15, 0.2) is 11.5 Å². The summed E-state index contributed by atoms with van der Waals surface area (Å²) in [7, 11) is 0. The Morgan fingerprint density at radius 3 is 3.00 bits per heavy atom. The molecule has 1 fully saturated rings. The van der Waals surface area contributed by atoms with E-state index in [4.69, 9.17) is 14.2 Å². The minimum absolute atomic E-state index is 0.310. The predicted molar refractivity (Wildman–Crippen MR) is 77.2 cm³/mol. The zero-order valence-corrected chi connectivity index (χ0v) is 12.2. The van der Waals surface area contributed by atoms with E-state index < -0.39 is 0 Å². The maximum Gasteiger partial charge on any atom is 0.231 e. The molecule has 1 aromatic carbocycles. The van der Waals surface area contributed by atoms with Gasteiger partial charge in [-0.1, -0.05) is 13.0 Å². The highest BCUT2D eigenvalue weighted by Crippen LogP contribution is 2.34. The van der Waals surface area contributed by atoms with Gasteiger partial charge in [0, 0.05) is 18.7 Å². The largest absolute Gasteiger partial charge is 0.454 e. The first kappa shape index (κ1) is 13.7. The highest BCUT2D eigenvalue weighted by Gasteiger charge is 2.23. The zero-order chi connectivity index (χ0) is 13.9. The maximum atomic E-state index is 5.73. The molecule has 2 heterocycles. The average molecular weight is 277 g/mol. The number of nitrogens with one attached hydrogen (secondary N) is 1. The summed E-state index contributed by atoms with van der Waals surface area (Å²) < 4.78 is 16.5. The Morgan fingerprint density at radius 1 is 1.30 bits per heavy atom. The Morgan fingerprint density at radius 2 is 2.15 bits per heavy atom. The topological polar surface area (TPSA) is 39.7 Å². The number of benzene rings is 1. The molecule has 110 valence electrons. The van der Waals surface area contributed by atoms with Crippen molar-refractivity contribution in [1.29, 1.82) is 0 Å². The molecule has 2 aliphatic heterocycles. The van der Waals surface area contributed by atoms with Crippen LogP contribution in [0.2, 0.25) is 0 Å². The molecule has 0 aromatic heterocycles. The summed E-state index contributed by atoms with van der Waals surface area (Å²) in [4.78, 5) is 0. The molecule has 0 spiro atoms. The van der Waals surface area contributed by atoms with Crippen LogP contribution in [0.4, 0.5) is 0 Å². The van der Waals surface area contributed by atoms with Gasteiger partial charge in [-0.15, -0.1) is 0 Å². The molecule has 1 aromatic rings. The van der Waals surface area contributed by atoms with Crippen molar-refractivity contribution in [1.82, 2.24) is 5.32 Å². The van der Waals surface area contributed by atoms with Crippen LogP contribution in [0.15, 0.2) is 18.2 Å². The molecule has 2 aliphatic rings. The van der Waals surface area contributed by atoms with Gasteiger partial charge in [-0.05, 0) is 43.9 Å². The standard InChI is InChI=1S/C16H23NO3/c1-3-14-9-13(6-7-18-14)17-11(2)12-4-5-15-16(8-12)20-10-19-15/h4-5,8,11,13-14,17H,3,6-7,9-10H2,1-2H3. The van der Waals surface area contributed by atoms with Gasteiger partial charge in [-0.25, -0.2) is 0 Å². The Balaban J connectivity index is 1.62. The van der Waals surface area contributed by atoms with Gasteiger partial charge in [0.2, 0.25) is 6.79 Å². The lowest BCUT2D eigenvalue weighted by Crippen LogP contribution is -2.39. The van der Waals surface area contributed by atoms with Crippen molar-refractivity contribution in [3.05, 3.63) is 23.8 Å². The molecular formula is C16H23NO3. The van der Waals surface area contributed by atoms with E-state index in [1.807, 2.05) is 6.07 Å². The highest BCUT2D eigenvalue weighted by atomic mass is 16.7. The Bertz CT molecular complexity index is 463. The van der Waals surface area contributed by atoms with Crippen molar-refractivity contribution >= 4 is 0 Å². The van der Waals surface area contributed by atoms with Gasteiger partial charge in [0.25, 0.3) is 0 Å². The molecule has 0 bridgehead atoms. The summed E-state index contributed by atoms with van der Waals surface area (Å²) >= 11 is 0. The summed E-state index contributed by atoms with van der Waals surface area (Å²) in [6.45, 7) is 5.59. The molecule has 4 nitrogen and oxygen atoms in total. The SMILES string of the molecule is CCC1CC(NC(C)c2ccc3c(c2)OCO3)CCO1. The molecule has 4 heteroatoms. The fourth-order valence-corrected chi connectivity index (χ4v) is 2.95. The summed E-state index contributed by atoms with van der Waals surface area (Å²) in [5, 5.41) is 3.71. The van der Waals surface area contributed by atoms with E-state index in [1.54, 1.807) is 0 Å². The number of fused-ring (bicyclic) bond motifs is 1. The predicted octanol–water partition coefficient (Wildman–Crippen LogP) is 3.02. The van der Waals surface area contributed by atoms with Gasteiger partial charge in [-0.2, -0.15) is 0 Å². The van der Waals surface area contributed by atoms with Crippen LogP contribution >= 0.6 is 0 Å². The molecule has 0 aliphatic carbocycles. The lowest BCUT2D eigenvalue weighted by Gasteiger charge is -2.32. The smallest absolute Gasteiger partial charge is 0.231 e. The maximum absolute atomic E-state index is 5.73. The highest BCUT2D eigenvalue weighted by molar-refractivity contribution is 5.45. The third kappa shape index (κ3) is 2.91. The number of hydrogen-bond acceptors (Lipinski definition) is 4. The van der Waals surface area contributed by atoms with Crippen LogP contribution < -0.4 is 14.8 Å². The van der Waals surface area contributed by atoms with Crippen LogP contribution in [-0.2, 0) is 4.74 Å². The number of rotatable bonds is 4. The normalized spacial score (nSPS) is 26.5. The van der Waals surface area contributed by atoms with E-state index in [-0.39, 0.29) is 0 Å². The lowest BCUT2D eigenvalue weighted by atomic mass is 9.99. The van der Waals surface area contributed by atoms with Crippen molar-refractivity contribution in [3.63, 3.8) is 0 Å². The van der Waals surface area contributed by atoms with Crippen LogP contribution in [0, 0.1) is 0 Å². The number of hydrogen-bond donors (Lipinski definition) is 1. The monoisotopic (exact) mass is 277 g/mol. The molecule has 3 unspecified atom stereocenters. The lowest BCUT2D eigenvalue weighted by molar-refractivity contribution is -0.00165. The molecule has 3 atom stereocenters. The van der Waals surface area contributed by atoms with Crippen molar-refractivity contribution < 1.29 is 14.2 Å². The molecule has 3 rings (SSSR count). The first-order valence-corrected chi connectivity index (χ1v) is 7.53. The van der Waals surface area contributed by atoms with E-state index in [9.17, 15) is 0 Å². The second-order valence-corrected chi connectivity index (χ2v) is 5.62. The van der Waals surface area contributed by atoms with Gasteiger partial charge in [-0.3, -0.25) is 0 Å². The van der Waals surface area contributed by atoms with Gasteiger partial charge in [0.1, 0.15) is 0 Å². The molecule has 1 N–H and O–H groups in total. The second-order valence-electron chi connectivity index (χ2n) is 5.62. The van der Waals surface area contributed by atoms with Crippen LogP contribution in [-0.4, -0.2) is 25.5 Å². The van der Waals surface area contributed by atoms with Crippen LogP contribution in [0.3, 0.4) is 0 Å². The average Bonchev–Trinajstić information content (AvgIpc) is 2.94. The summed E-state index contributed by atoms with van der Waals surface area (Å²) in [6, 6.07) is 7.03. The Kier molecular flexibility index (Phi) is 4.13. The fourth-order valence-electron chi connectivity index (χ4n) is 2.95. The van der Waals surface area contributed by atoms with Crippen LogP contribution in [0.1, 0.15) is 44.7 Å². The minimum atomic E-state index is 0.310. The van der Waals surface area contributed by atoms with Gasteiger partial charge >= 0.3 is 0 Å². The van der Waals surface area contributed by atoms with E-state index in [2.05, 4.69) is 31.3 Å². The Hall–Kier alpha value is -1.26. The van der Waals surface area contributed by atoms with Crippen molar-refractivity contribution in [2.75, 3.05) is 13.4 Å². The van der Waals surface area contributed by atoms with E-state index >= 15 is 0 Å². The summed E-state index contributed by atoms with van der Waals surface area (Å²) in [5.74, 6) is 1.70. The minimum Gasteiger partial charge on any atom is -0.454 e. The quantitative estimate of drug-likeness (QED) is 0.918. The van der Waals surface area contributed by atoms with E-state index in [0.29, 0.717) is 25.0 Å². The van der Waals surface area contributed by atoms with Crippen molar-refractivity contribution in [2.45, 2.75) is 51.3 Å². The van der Waals surface area contributed by atoms with E-state index in [0.717, 1.165) is 37.4 Å². The van der Waals surface area contributed by atoms with Crippen LogP contribution in [0.25, 0.3) is 0 Å². The summed E-state index contributed by atoms with van der Waals surface area (Å²) in [5.41, 5.74) is 1.24. The summed E-state index contributed by atoms with van der Waals surface area (Å²) in [6.07, 6.45) is 3.69. The first-order chi connectivity index (χ1) is 9.76. The van der Waals surface area contributed by atoms with Crippen molar-refractivity contribution in [3.8, 4) is 11.5 Å². The first-order valence-electron chi connectivity index (χ1n) is 7.53. The van der Waals surface area contributed by atoms with Gasteiger partial charge in [0.05, 0.1) is 6.10 Å². The molecule has 0 saturated carbocycles. The second kappa shape index (κ2) is 6.02. The molecule has 1 saturated heterocycles. The van der Waals surface area contributed by atoms with Crippen molar-refractivity contribution in [2.24, 2.45) is 0 Å². The zero-order valence-electron chi connectivity index (χ0n) is 12.2. The van der Waals surface area contributed by atoms with Gasteiger partial charge < -0.3 is 19.5 Å².